The Morgan fingerprint density at radius 2 is 1.61 bits per heavy atom. The summed E-state index contributed by atoms with van der Waals surface area (Å²) in [4.78, 5) is 30.3. The lowest BCUT2D eigenvalue weighted by molar-refractivity contribution is -0.133. The standard InChI is InChI=1S/C17H31N3O3/c1-16(21)19(11-10-18-12-14-23-15-13-18)9-6-17(22)20-7-4-2-3-5-8-20/h2-15H2,1H3. The number of ether oxygens (including phenoxy) is 1. The maximum absolute atomic E-state index is 12.3. The van der Waals surface area contributed by atoms with Crippen LogP contribution in [0.1, 0.15) is 39.0 Å². The van der Waals surface area contributed by atoms with Crippen molar-refractivity contribution in [3.05, 3.63) is 0 Å². The van der Waals surface area contributed by atoms with Crippen LogP contribution in [-0.4, -0.2) is 85.5 Å². The summed E-state index contributed by atoms with van der Waals surface area (Å²) in [7, 11) is 0. The van der Waals surface area contributed by atoms with Crippen LogP contribution in [0, 0.1) is 0 Å². The highest BCUT2D eigenvalue weighted by molar-refractivity contribution is 5.78. The predicted octanol–water partition coefficient (Wildman–Crippen LogP) is 0.960. The predicted molar refractivity (Wildman–Crippen MR) is 89.2 cm³/mol. The van der Waals surface area contributed by atoms with Gasteiger partial charge < -0.3 is 14.5 Å². The van der Waals surface area contributed by atoms with Crippen LogP contribution in [0.2, 0.25) is 0 Å². The normalized spacial score (nSPS) is 20.1. The largest absolute Gasteiger partial charge is 0.379 e. The van der Waals surface area contributed by atoms with Crippen molar-refractivity contribution in [1.82, 2.24) is 14.7 Å². The fraction of sp³-hybridized carbons (Fsp3) is 0.882. The van der Waals surface area contributed by atoms with Crippen molar-refractivity contribution in [1.29, 1.82) is 0 Å². The summed E-state index contributed by atoms with van der Waals surface area (Å²) in [5.41, 5.74) is 0. The molecule has 0 atom stereocenters. The Kier molecular flexibility index (Phi) is 7.82. The molecule has 0 N–H and O–H groups in total. The molecule has 2 fully saturated rings. The highest BCUT2D eigenvalue weighted by Crippen LogP contribution is 2.11. The van der Waals surface area contributed by atoms with Crippen LogP contribution < -0.4 is 0 Å². The van der Waals surface area contributed by atoms with Gasteiger partial charge in [0, 0.05) is 59.2 Å². The summed E-state index contributed by atoms with van der Waals surface area (Å²) in [5, 5.41) is 0. The molecule has 0 aromatic carbocycles. The Morgan fingerprint density at radius 3 is 2.22 bits per heavy atom. The zero-order valence-corrected chi connectivity index (χ0v) is 14.5. The van der Waals surface area contributed by atoms with Crippen molar-refractivity contribution in [3.8, 4) is 0 Å². The van der Waals surface area contributed by atoms with E-state index in [0.29, 0.717) is 19.5 Å². The maximum atomic E-state index is 12.3. The molecule has 0 radical (unpaired) electrons. The summed E-state index contributed by atoms with van der Waals surface area (Å²) in [6.45, 7) is 8.85. The molecule has 2 amide bonds. The molecule has 2 aliphatic rings. The summed E-state index contributed by atoms with van der Waals surface area (Å²) < 4.78 is 5.34. The molecule has 2 aliphatic heterocycles. The molecule has 0 spiro atoms. The molecule has 0 aromatic heterocycles. The summed E-state index contributed by atoms with van der Waals surface area (Å²) in [6.07, 6.45) is 5.12. The van der Waals surface area contributed by atoms with Crippen LogP contribution in [0.4, 0.5) is 0 Å². The van der Waals surface area contributed by atoms with Gasteiger partial charge in [-0.3, -0.25) is 14.5 Å². The molecule has 23 heavy (non-hydrogen) atoms. The minimum atomic E-state index is 0.0573. The topological polar surface area (TPSA) is 53.1 Å². The first-order valence-electron chi connectivity index (χ1n) is 9.00. The fourth-order valence-corrected chi connectivity index (χ4v) is 3.22. The van der Waals surface area contributed by atoms with Gasteiger partial charge in [0.25, 0.3) is 0 Å². The van der Waals surface area contributed by atoms with Gasteiger partial charge >= 0.3 is 0 Å². The van der Waals surface area contributed by atoms with Gasteiger partial charge in [0.2, 0.25) is 11.8 Å². The molecule has 0 saturated carbocycles. The van der Waals surface area contributed by atoms with Crippen molar-refractivity contribution < 1.29 is 14.3 Å². The zero-order valence-electron chi connectivity index (χ0n) is 14.5. The molecule has 2 saturated heterocycles. The quantitative estimate of drug-likeness (QED) is 0.730. The average molecular weight is 325 g/mol. The minimum Gasteiger partial charge on any atom is -0.379 e. The third kappa shape index (κ3) is 6.47. The molecule has 0 aliphatic carbocycles. The van der Waals surface area contributed by atoms with Gasteiger partial charge in [-0.25, -0.2) is 0 Å². The molecule has 6 heteroatoms. The first-order valence-corrected chi connectivity index (χ1v) is 9.00. The monoisotopic (exact) mass is 325 g/mol. The number of nitrogens with zero attached hydrogens (tertiary/aromatic N) is 3. The highest BCUT2D eigenvalue weighted by Gasteiger charge is 2.18. The molecule has 0 bridgehead atoms. The summed E-state index contributed by atoms with van der Waals surface area (Å²) >= 11 is 0. The van der Waals surface area contributed by atoms with Crippen molar-refractivity contribution in [2.75, 3.05) is 59.0 Å². The lowest BCUT2D eigenvalue weighted by Crippen LogP contribution is -2.43. The minimum absolute atomic E-state index is 0.0573. The van der Waals surface area contributed by atoms with Crippen molar-refractivity contribution in [2.45, 2.75) is 39.0 Å². The number of hydrogen-bond acceptors (Lipinski definition) is 4. The molecule has 2 heterocycles. The number of carbonyl (C=O) groups is 2. The summed E-state index contributed by atoms with van der Waals surface area (Å²) in [6, 6.07) is 0. The van der Waals surface area contributed by atoms with Crippen LogP contribution in [0.3, 0.4) is 0 Å². The Balaban J connectivity index is 1.72. The first kappa shape index (κ1) is 18.2. The fourth-order valence-electron chi connectivity index (χ4n) is 3.22. The molecule has 6 nitrogen and oxygen atoms in total. The Bertz CT molecular complexity index is 375. The van der Waals surface area contributed by atoms with Crippen LogP contribution in [-0.2, 0) is 14.3 Å². The van der Waals surface area contributed by atoms with E-state index in [-0.39, 0.29) is 11.8 Å². The number of amides is 2. The molecule has 0 aromatic rings. The third-order valence-corrected chi connectivity index (χ3v) is 4.79. The second kappa shape index (κ2) is 9.88. The van der Waals surface area contributed by atoms with Crippen LogP contribution >= 0.6 is 0 Å². The van der Waals surface area contributed by atoms with Gasteiger partial charge in [0.1, 0.15) is 0 Å². The zero-order chi connectivity index (χ0) is 16.5. The van der Waals surface area contributed by atoms with Gasteiger partial charge in [-0.05, 0) is 12.8 Å². The van der Waals surface area contributed by atoms with Gasteiger partial charge in [-0.2, -0.15) is 0 Å². The highest BCUT2D eigenvalue weighted by atomic mass is 16.5. The third-order valence-electron chi connectivity index (χ3n) is 4.79. The number of hydrogen-bond donors (Lipinski definition) is 0. The van der Waals surface area contributed by atoms with Crippen LogP contribution in [0.15, 0.2) is 0 Å². The maximum Gasteiger partial charge on any atom is 0.224 e. The SMILES string of the molecule is CC(=O)N(CCC(=O)N1CCCCCC1)CCN1CCOCC1. The van der Waals surface area contributed by atoms with E-state index in [4.69, 9.17) is 4.74 Å². The van der Waals surface area contributed by atoms with E-state index < -0.39 is 0 Å². The molecule has 0 unspecified atom stereocenters. The number of carbonyl (C=O) groups excluding carboxylic acids is 2. The van der Waals surface area contributed by atoms with Gasteiger partial charge in [0.15, 0.2) is 0 Å². The van der Waals surface area contributed by atoms with Gasteiger partial charge in [-0.1, -0.05) is 12.8 Å². The molecule has 132 valence electrons. The second-order valence-corrected chi connectivity index (χ2v) is 6.51. The van der Waals surface area contributed by atoms with Crippen molar-refractivity contribution in [3.63, 3.8) is 0 Å². The smallest absolute Gasteiger partial charge is 0.224 e. The Hall–Kier alpha value is -1.14. The average Bonchev–Trinajstić information content (AvgIpc) is 2.84. The van der Waals surface area contributed by atoms with Gasteiger partial charge in [0.05, 0.1) is 13.2 Å². The van der Waals surface area contributed by atoms with E-state index in [0.717, 1.165) is 58.8 Å². The van der Waals surface area contributed by atoms with E-state index in [1.54, 1.807) is 6.92 Å². The van der Waals surface area contributed by atoms with E-state index >= 15 is 0 Å². The van der Waals surface area contributed by atoms with Crippen LogP contribution in [0.25, 0.3) is 0 Å². The lowest BCUT2D eigenvalue weighted by Gasteiger charge is -2.30. The van der Waals surface area contributed by atoms with E-state index in [2.05, 4.69) is 4.90 Å². The summed E-state index contributed by atoms with van der Waals surface area (Å²) in [5.74, 6) is 0.256. The lowest BCUT2D eigenvalue weighted by atomic mass is 10.2. The van der Waals surface area contributed by atoms with Crippen molar-refractivity contribution >= 4 is 11.8 Å². The van der Waals surface area contributed by atoms with Crippen LogP contribution in [0.5, 0.6) is 0 Å². The Labute approximate surface area is 139 Å². The molecular weight excluding hydrogens is 294 g/mol. The van der Waals surface area contributed by atoms with E-state index in [1.807, 2.05) is 9.80 Å². The second-order valence-electron chi connectivity index (χ2n) is 6.51. The molecular formula is C17H31N3O3. The number of likely N-dealkylation sites (tertiary alicyclic amines) is 1. The number of rotatable bonds is 6. The van der Waals surface area contributed by atoms with E-state index in [1.165, 1.54) is 12.8 Å². The first-order chi connectivity index (χ1) is 11.2. The number of morpholine rings is 1. The molecule has 2 rings (SSSR count). The van der Waals surface area contributed by atoms with Crippen molar-refractivity contribution in [2.24, 2.45) is 0 Å². The Morgan fingerprint density at radius 1 is 0.957 bits per heavy atom. The van der Waals surface area contributed by atoms with Gasteiger partial charge in [-0.15, -0.1) is 0 Å². The van der Waals surface area contributed by atoms with E-state index in [9.17, 15) is 9.59 Å².